The zero-order valence-corrected chi connectivity index (χ0v) is 13.8. The van der Waals surface area contributed by atoms with Crippen molar-refractivity contribution in [3.05, 3.63) is 65.2 Å². The maximum Gasteiger partial charge on any atom is 0.227 e. The molecule has 1 heterocycles. The van der Waals surface area contributed by atoms with E-state index in [2.05, 4.69) is 16.3 Å². The number of carbonyl (C=O) groups excluding carboxylic acids is 1. The van der Waals surface area contributed by atoms with Crippen LogP contribution in [0.5, 0.6) is 0 Å². The average molecular weight is 329 g/mol. The number of rotatable bonds is 4. The Labute approximate surface area is 142 Å². The normalized spacial score (nSPS) is 16.2. The van der Waals surface area contributed by atoms with E-state index in [-0.39, 0.29) is 11.8 Å². The fraction of sp³-hybridized carbons (Fsp3) is 0.316. The van der Waals surface area contributed by atoms with Gasteiger partial charge < -0.3 is 5.32 Å². The molecule has 0 aromatic heterocycles. The Hall–Kier alpha value is -1.84. The fourth-order valence-electron chi connectivity index (χ4n) is 2.99. The molecule has 1 fully saturated rings. The molecule has 0 radical (unpaired) electrons. The SMILES string of the molecule is O=C(Nc1ccccc1)C1CCN(Cc2ccccc2Cl)CC1. The van der Waals surface area contributed by atoms with E-state index in [4.69, 9.17) is 11.6 Å². The van der Waals surface area contributed by atoms with Crippen LogP contribution in [0.25, 0.3) is 0 Å². The van der Waals surface area contributed by atoms with E-state index in [1.54, 1.807) is 0 Å². The lowest BCUT2D eigenvalue weighted by molar-refractivity contribution is -0.121. The molecule has 2 aromatic carbocycles. The molecule has 1 aliphatic heterocycles. The first-order chi connectivity index (χ1) is 11.2. The third-order valence-electron chi connectivity index (χ3n) is 4.35. The van der Waals surface area contributed by atoms with Crippen molar-refractivity contribution >= 4 is 23.2 Å². The van der Waals surface area contributed by atoms with Crippen LogP contribution < -0.4 is 5.32 Å². The van der Waals surface area contributed by atoms with Gasteiger partial charge in [0.25, 0.3) is 0 Å². The number of likely N-dealkylation sites (tertiary alicyclic amines) is 1. The fourth-order valence-corrected chi connectivity index (χ4v) is 3.18. The van der Waals surface area contributed by atoms with Gasteiger partial charge in [-0.1, -0.05) is 48.0 Å². The van der Waals surface area contributed by atoms with E-state index in [0.29, 0.717) is 0 Å². The monoisotopic (exact) mass is 328 g/mol. The molecule has 0 spiro atoms. The molecule has 0 atom stereocenters. The van der Waals surface area contributed by atoms with Gasteiger partial charge in [0.1, 0.15) is 0 Å². The van der Waals surface area contributed by atoms with Crippen LogP contribution >= 0.6 is 11.6 Å². The van der Waals surface area contributed by atoms with Gasteiger partial charge in [0.05, 0.1) is 0 Å². The molecule has 0 aliphatic carbocycles. The largest absolute Gasteiger partial charge is 0.326 e. The molecular formula is C19H21ClN2O. The lowest BCUT2D eigenvalue weighted by Crippen LogP contribution is -2.37. The number of hydrogen-bond donors (Lipinski definition) is 1. The van der Waals surface area contributed by atoms with Gasteiger partial charge in [-0.2, -0.15) is 0 Å². The standard InChI is InChI=1S/C19H21ClN2O/c20-18-9-5-4-6-16(18)14-22-12-10-15(11-13-22)19(23)21-17-7-2-1-3-8-17/h1-9,15H,10-14H2,(H,21,23). The summed E-state index contributed by atoms with van der Waals surface area (Å²) in [7, 11) is 0. The second-order valence-corrected chi connectivity index (χ2v) is 6.40. The van der Waals surface area contributed by atoms with E-state index < -0.39 is 0 Å². The number of para-hydroxylation sites is 1. The van der Waals surface area contributed by atoms with Gasteiger partial charge in [-0.05, 0) is 49.7 Å². The predicted molar refractivity (Wildman–Crippen MR) is 94.5 cm³/mol. The summed E-state index contributed by atoms with van der Waals surface area (Å²) in [5.41, 5.74) is 2.03. The van der Waals surface area contributed by atoms with Gasteiger partial charge in [-0.3, -0.25) is 9.69 Å². The summed E-state index contributed by atoms with van der Waals surface area (Å²) in [5.74, 6) is 0.228. The van der Waals surface area contributed by atoms with Crippen molar-refractivity contribution in [3.63, 3.8) is 0 Å². The van der Waals surface area contributed by atoms with Gasteiger partial charge in [0, 0.05) is 23.2 Å². The third kappa shape index (κ3) is 4.34. The van der Waals surface area contributed by atoms with Gasteiger partial charge in [0.2, 0.25) is 5.91 Å². The molecule has 4 heteroatoms. The molecule has 23 heavy (non-hydrogen) atoms. The zero-order chi connectivity index (χ0) is 16.1. The summed E-state index contributed by atoms with van der Waals surface area (Å²) in [5, 5.41) is 3.82. The predicted octanol–water partition coefficient (Wildman–Crippen LogP) is 4.19. The summed E-state index contributed by atoms with van der Waals surface area (Å²) in [6, 6.07) is 17.6. The van der Waals surface area contributed by atoms with Crippen LogP contribution in [-0.4, -0.2) is 23.9 Å². The zero-order valence-electron chi connectivity index (χ0n) is 13.0. The van der Waals surface area contributed by atoms with Crippen molar-refractivity contribution in [1.82, 2.24) is 4.90 Å². The van der Waals surface area contributed by atoms with E-state index in [1.807, 2.05) is 48.5 Å². The highest BCUT2D eigenvalue weighted by Gasteiger charge is 2.25. The van der Waals surface area contributed by atoms with Crippen LogP contribution in [0.4, 0.5) is 5.69 Å². The Kier molecular flexibility index (Phi) is 5.31. The molecule has 1 amide bonds. The van der Waals surface area contributed by atoms with Crippen LogP contribution in [0.1, 0.15) is 18.4 Å². The Bertz CT molecular complexity index is 651. The van der Waals surface area contributed by atoms with Gasteiger partial charge in [-0.15, -0.1) is 0 Å². The van der Waals surface area contributed by atoms with Crippen LogP contribution in [0.2, 0.25) is 5.02 Å². The Balaban J connectivity index is 1.50. The van der Waals surface area contributed by atoms with Crippen molar-refractivity contribution < 1.29 is 4.79 Å². The van der Waals surface area contributed by atoms with Crippen LogP contribution in [0, 0.1) is 5.92 Å². The quantitative estimate of drug-likeness (QED) is 0.912. The highest BCUT2D eigenvalue weighted by molar-refractivity contribution is 6.31. The summed E-state index contributed by atoms with van der Waals surface area (Å²) < 4.78 is 0. The molecule has 120 valence electrons. The summed E-state index contributed by atoms with van der Waals surface area (Å²) in [6.45, 7) is 2.71. The van der Waals surface area contributed by atoms with Crippen molar-refractivity contribution in [2.45, 2.75) is 19.4 Å². The van der Waals surface area contributed by atoms with Gasteiger partial charge in [0.15, 0.2) is 0 Å². The molecule has 3 rings (SSSR count). The van der Waals surface area contributed by atoms with Crippen LogP contribution in [0.15, 0.2) is 54.6 Å². The molecule has 1 aliphatic rings. The molecule has 0 unspecified atom stereocenters. The van der Waals surface area contributed by atoms with Gasteiger partial charge in [-0.25, -0.2) is 0 Å². The number of nitrogens with one attached hydrogen (secondary N) is 1. The Morgan fingerprint density at radius 3 is 2.39 bits per heavy atom. The number of anilines is 1. The lowest BCUT2D eigenvalue weighted by atomic mass is 9.95. The molecule has 1 saturated heterocycles. The maximum atomic E-state index is 12.3. The maximum absolute atomic E-state index is 12.3. The number of amides is 1. The minimum Gasteiger partial charge on any atom is -0.326 e. The first-order valence-electron chi connectivity index (χ1n) is 8.04. The van der Waals surface area contributed by atoms with Gasteiger partial charge >= 0.3 is 0 Å². The molecule has 0 bridgehead atoms. The smallest absolute Gasteiger partial charge is 0.227 e. The number of carbonyl (C=O) groups is 1. The van der Waals surface area contributed by atoms with E-state index >= 15 is 0 Å². The van der Waals surface area contributed by atoms with Crippen molar-refractivity contribution in [1.29, 1.82) is 0 Å². The minimum atomic E-state index is 0.0951. The highest BCUT2D eigenvalue weighted by Crippen LogP contribution is 2.23. The molecule has 1 N–H and O–H groups in total. The van der Waals surface area contributed by atoms with E-state index in [9.17, 15) is 4.79 Å². The molecule has 2 aromatic rings. The number of halogens is 1. The second kappa shape index (κ2) is 7.62. The second-order valence-electron chi connectivity index (χ2n) is 6.00. The van der Waals surface area contributed by atoms with Crippen LogP contribution in [-0.2, 0) is 11.3 Å². The third-order valence-corrected chi connectivity index (χ3v) is 4.72. The summed E-state index contributed by atoms with van der Waals surface area (Å²) in [6.07, 6.45) is 1.78. The topological polar surface area (TPSA) is 32.3 Å². The Morgan fingerprint density at radius 2 is 1.70 bits per heavy atom. The van der Waals surface area contributed by atoms with Crippen molar-refractivity contribution in [3.8, 4) is 0 Å². The number of nitrogens with zero attached hydrogens (tertiary/aromatic N) is 1. The lowest BCUT2D eigenvalue weighted by Gasteiger charge is -2.31. The first-order valence-corrected chi connectivity index (χ1v) is 8.42. The van der Waals surface area contributed by atoms with Crippen molar-refractivity contribution in [2.24, 2.45) is 5.92 Å². The summed E-state index contributed by atoms with van der Waals surface area (Å²) in [4.78, 5) is 14.7. The number of hydrogen-bond acceptors (Lipinski definition) is 2. The first kappa shape index (κ1) is 16.0. The number of piperidine rings is 1. The molecule has 3 nitrogen and oxygen atoms in total. The van der Waals surface area contributed by atoms with Crippen LogP contribution in [0.3, 0.4) is 0 Å². The van der Waals surface area contributed by atoms with E-state index in [1.165, 1.54) is 0 Å². The highest BCUT2D eigenvalue weighted by atomic mass is 35.5. The minimum absolute atomic E-state index is 0.0951. The van der Waals surface area contributed by atoms with Crippen molar-refractivity contribution in [2.75, 3.05) is 18.4 Å². The summed E-state index contributed by atoms with van der Waals surface area (Å²) >= 11 is 6.22. The molecular weight excluding hydrogens is 308 g/mol. The number of benzene rings is 2. The van der Waals surface area contributed by atoms with E-state index in [0.717, 1.165) is 48.7 Å². The Morgan fingerprint density at radius 1 is 1.04 bits per heavy atom. The average Bonchev–Trinajstić information content (AvgIpc) is 2.58. The molecule has 0 saturated carbocycles.